The maximum Gasteiger partial charge on any atom is 0.235 e. The molecule has 4 nitrogen and oxygen atoms in total. The predicted octanol–water partition coefficient (Wildman–Crippen LogP) is 9.93. The van der Waals surface area contributed by atoms with Crippen molar-refractivity contribution in [1.29, 1.82) is 0 Å². The molecule has 0 unspecified atom stereocenters. The molecule has 4 aliphatic carbocycles. The molecule has 222 valence electrons. The number of nitrogens with zero attached hydrogens (tertiary/aromatic N) is 4. The molecule has 0 aliphatic heterocycles. The molecule has 4 saturated carbocycles. The Kier molecular flexibility index (Phi) is 6.35. The van der Waals surface area contributed by atoms with Crippen molar-refractivity contribution in [3.8, 4) is 39.5 Å². The van der Waals surface area contributed by atoms with E-state index in [0.29, 0.717) is 16.9 Å². The lowest BCUT2D eigenvalue weighted by Crippen LogP contribution is -2.48. The lowest BCUT2D eigenvalue weighted by Gasteiger charge is -2.57. The molecular weight excluding hydrogens is 560 g/mol. The van der Waals surface area contributed by atoms with Crippen molar-refractivity contribution in [2.45, 2.75) is 43.9 Å². The van der Waals surface area contributed by atoms with E-state index in [2.05, 4.69) is 65.5 Å². The van der Waals surface area contributed by atoms with Crippen LogP contribution in [0.5, 0.6) is 0 Å². The summed E-state index contributed by atoms with van der Waals surface area (Å²) in [5.41, 5.74) is 8.80. The highest BCUT2D eigenvalue weighted by Gasteiger charge is 2.52. The molecule has 0 N–H and O–H groups in total. The number of hydrogen-bond donors (Lipinski definition) is 0. The summed E-state index contributed by atoms with van der Waals surface area (Å²) >= 11 is 0. The zero-order valence-corrected chi connectivity index (χ0v) is 25.8. The van der Waals surface area contributed by atoms with Crippen LogP contribution in [0.3, 0.4) is 0 Å². The molecule has 46 heavy (non-hydrogen) atoms. The van der Waals surface area contributed by atoms with Crippen molar-refractivity contribution in [3.05, 3.63) is 138 Å². The first kappa shape index (κ1) is 27.2. The molecule has 0 saturated heterocycles. The normalized spacial score (nSPS) is 23.0. The summed E-state index contributed by atoms with van der Waals surface area (Å²) in [6, 6.07) is 40.4. The minimum absolute atomic E-state index is 0.367. The zero-order chi connectivity index (χ0) is 30.7. The standard InChI is InChI=1S/C42H35N4/c1-43-34-15-17-35(18-16-34)46-27-40(44-41(45-46)33-7-3-2-4-8-33)32-13-11-31(12-14-32)36-19-20-39(38-10-6-5-9-37(36)38)42-24-28-21-29(25-42)23-30(22-28)26-42/h2-20,27-30H,21-26H2/q+1. The highest BCUT2D eigenvalue weighted by molar-refractivity contribution is 5.99. The average molecular weight is 596 g/mol. The van der Waals surface area contributed by atoms with Crippen LogP contribution < -0.4 is 4.68 Å². The fraction of sp³-hybridized carbons (Fsp3) is 0.238. The molecule has 0 radical (unpaired) electrons. The van der Waals surface area contributed by atoms with Gasteiger partial charge in [0.2, 0.25) is 17.7 Å². The molecule has 4 bridgehead atoms. The molecule has 4 aliphatic rings. The molecule has 1 aromatic heterocycles. The Morgan fingerprint density at radius 2 is 1.26 bits per heavy atom. The molecule has 4 fully saturated rings. The number of rotatable bonds is 5. The molecule has 0 atom stereocenters. The average Bonchev–Trinajstić information content (AvgIpc) is 3.11. The Labute approximate surface area is 270 Å². The summed E-state index contributed by atoms with van der Waals surface area (Å²) in [4.78, 5) is 8.55. The quantitative estimate of drug-likeness (QED) is 0.147. The number of benzene rings is 5. The topological polar surface area (TPSA) is 34.0 Å². The van der Waals surface area contributed by atoms with Crippen molar-refractivity contribution >= 4 is 16.5 Å². The molecule has 1 heterocycles. The van der Waals surface area contributed by atoms with Crippen LogP contribution in [0.1, 0.15) is 44.1 Å². The molecule has 10 rings (SSSR count). The maximum absolute atomic E-state index is 7.32. The van der Waals surface area contributed by atoms with Crippen LogP contribution in [-0.2, 0) is 5.41 Å². The number of fused-ring (bicyclic) bond motifs is 1. The number of aromatic nitrogens is 3. The van der Waals surface area contributed by atoms with Gasteiger partial charge in [-0.25, -0.2) is 9.83 Å². The van der Waals surface area contributed by atoms with E-state index < -0.39 is 0 Å². The van der Waals surface area contributed by atoms with Gasteiger partial charge in [0, 0.05) is 28.4 Å². The van der Waals surface area contributed by atoms with Gasteiger partial charge in [0.15, 0.2) is 5.69 Å². The Morgan fingerprint density at radius 3 is 1.93 bits per heavy atom. The van der Waals surface area contributed by atoms with Crippen molar-refractivity contribution in [1.82, 2.24) is 10.1 Å². The van der Waals surface area contributed by atoms with Gasteiger partial charge in [-0.3, -0.25) is 0 Å². The Balaban J connectivity index is 1.10. The lowest BCUT2D eigenvalue weighted by atomic mass is 9.47. The van der Waals surface area contributed by atoms with Gasteiger partial charge in [-0.15, -0.1) is 0 Å². The largest absolute Gasteiger partial charge is 0.238 e. The van der Waals surface area contributed by atoms with Gasteiger partial charge >= 0.3 is 0 Å². The van der Waals surface area contributed by atoms with Crippen LogP contribution in [0.15, 0.2) is 121 Å². The highest BCUT2D eigenvalue weighted by Crippen LogP contribution is 2.61. The van der Waals surface area contributed by atoms with Gasteiger partial charge < -0.3 is 0 Å². The van der Waals surface area contributed by atoms with Gasteiger partial charge in [-0.05, 0) is 106 Å². The van der Waals surface area contributed by atoms with Crippen LogP contribution in [-0.4, -0.2) is 10.1 Å². The highest BCUT2D eigenvalue weighted by atomic mass is 15.3. The Hall–Kier alpha value is -5.14. The molecule has 4 heteroatoms. The minimum atomic E-state index is 0.367. The zero-order valence-electron chi connectivity index (χ0n) is 25.8. The van der Waals surface area contributed by atoms with Gasteiger partial charge in [-0.2, -0.15) is 0 Å². The first-order chi connectivity index (χ1) is 22.6. The number of hydrogen-bond acceptors (Lipinski definition) is 2. The summed E-state index contributed by atoms with van der Waals surface area (Å²) in [6.07, 6.45) is 10.5. The predicted molar refractivity (Wildman–Crippen MR) is 183 cm³/mol. The fourth-order valence-corrected chi connectivity index (χ4v) is 9.35. The van der Waals surface area contributed by atoms with E-state index in [0.717, 1.165) is 40.3 Å². The molecular formula is C42H35N4+. The van der Waals surface area contributed by atoms with E-state index in [9.17, 15) is 0 Å². The second kappa shape index (κ2) is 10.7. The van der Waals surface area contributed by atoms with Gasteiger partial charge in [0.1, 0.15) is 5.69 Å². The Bertz CT molecular complexity index is 2090. The first-order valence-electron chi connectivity index (χ1n) is 16.6. The van der Waals surface area contributed by atoms with E-state index >= 15 is 0 Å². The van der Waals surface area contributed by atoms with E-state index in [4.69, 9.17) is 16.7 Å². The minimum Gasteiger partial charge on any atom is -0.238 e. The second-order valence-corrected chi connectivity index (χ2v) is 13.9. The van der Waals surface area contributed by atoms with Crippen molar-refractivity contribution < 1.29 is 4.68 Å². The summed E-state index contributed by atoms with van der Waals surface area (Å²) < 4.78 is 1.86. The maximum atomic E-state index is 7.32. The van der Waals surface area contributed by atoms with E-state index in [1.54, 1.807) is 5.56 Å². The fourth-order valence-electron chi connectivity index (χ4n) is 9.35. The van der Waals surface area contributed by atoms with Crippen molar-refractivity contribution in [2.24, 2.45) is 17.8 Å². The monoisotopic (exact) mass is 595 g/mol. The third kappa shape index (κ3) is 4.62. The van der Waals surface area contributed by atoms with Crippen molar-refractivity contribution in [2.75, 3.05) is 0 Å². The van der Waals surface area contributed by atoms with Crippen LogP contribution in [0.2, 0.25) is 0 Å². The third-order valence-electron chi connectivity index (χ3n) is 11.0. The molecule has 0 spiro atoms. The van der Waals surface area contributed by atoms with Gasteiger partial charge in [0.25, 0.3) is 0 Å². The summed E-state index contributed by atoms with van der Waals surface area (Å²) in [7, 11) is 0. The smallest absolute Gasteiger partial charge is 0.235 e. The van der Waals surface area contributed by atoms with E-state index in [1.165, 1.54) is 60.4 Å². The van der Waals surface area contributed by atoms with Crippen LogP contribution in [0.4, 0.5) is 5.69 Å². The van der Waals surface area contributed by atoms with Gasteiger partial charge in [0.05, 0.1) is 6.57 Å². The summed E-state index contributed by atoms with van der Waals surface area (Å²) in [5, 5.41) is 7.66. The Morgan fingerprint density at radius 1 is 0.630 bits per heavy atom. The van der Waals surface area contributed by atoms with Crippen LogP contribution in [0.25, 0.3) is 55.1 Å². The van der Waals surface area contributed by atoms with Crippen LogP contribution >= 0.6 is 0 Å². The van der Waals surface area contributed by atoms with Crippen molar-refractivity contribution in [3.63, 3.8) is 0 Å². The van der Waals surface area contributed by atoms with Crippen LogP contribution in [0, 0.1) is 24.3 Å². The van der Waals surface area contributed by atoms with Gasteiger partial charge in [-0.1, -0.05) is 91.0 Å². The van der Waals surface area contributed by atoms with E-state index in [-0.39, 0.29) is 0 Å². The first-order valence-corrected chi connectivity index (χ1v) is 16.6. The third-order valence-corrected chi connectivity index (χ3v) is 11.0. The molecule has 0 amide bonds. The summed E-state index contributed by atoms with van der Waals surface area (Å²) in [6.45, 7) is 7.32. The van der Waals surface area contributed by atoms with E-state index in [1.807, 2.05) is 65.5 Å². The molecule has 5 aromatic carbocycles. The summed E-state index contributed by atoms with van der Waals surface area (Å²) in [5.74, 6) is 3.44. The SMILES string of the molecule is [C-]#[N+]c1ccc(-[n+]2cc(-c3ccc(-c4ccc(C56CC7CC(CC(C7)C5)C6)c5ccccc45)cc3)nc(-c3ccccc3)n2)cc1. The molecule has 6 aromatic rings. The lowest BCUT2D eigenvalue weighted by molar-refractivity contribution is -0.658. The second-order valence-electron chi connectivity index (χ2n) is 13.9.